The van der Waals surface area contributed by atoms with Crippen molar-refractivity contribution in [3.63, 3.8) is 0 Å². The molecule has 0 saturated carbocycles. The van der Waals surface area contributed by atoms with Crippen molar-refractivity contribution >= 4 is 0 Å². The number of aliphatic hydroxyl groups is 1. The van der Waals surface area contributed by atoms with Crippen LogP contribution in [0.4, 0.5) is 0 Å². The Morgan fingerprint density at radius 2 is 1.25 bits per heavy atom. The van der Waals surface area contributed by atoms with Gasteiger partial charge in [-0.05, 0) is 16.7 Å². The van der Waals surface area contributed by atoms with E-state index in [9.17, 15) is 5.11 Å². The quantitative estimate of drug-likeness (QED) is 0.359. The van der Waals surface area contributed by atoms with Gasteiger partial charge >= 0.3 is 0 Å². The van der Waals surface area contributed by atoms with Crippen LogP contribution in [-0.2, 0) is 48.2 Å². The average molecular weight is 495 g/mol. The fourth-order valence-electron chi connectivity index (χ4n) is 4.17. The van der Waals surface area contributed by atoms with Crippen LogP contribution in [0.25, 0.3) is 0 Å². The molecular formula is C29H34O7. The molecule has 7 nitrogen and oxygen atoms in total. The Balaban J connectivity index is 1.59. The molecule has 0 aliphatic carbocycles. The van der Waals surface area contributed by atoms with Gasteiger partial charge in [-0.3, -0.25) is 0 Å². The first-order chi connectivity index (χ1) is 17.7. The predicted octanol–water partition coefficient (Wildman–Crippen LogP) is 4.08. The Morgan fingerprint density at radius 1 is 0.750 bits per heavy atom. The van der Waals surface area contributed by atoms with Crippen LogP contribution in [0.3, 0.4) is 0 Å². The van der Waals surface area contributed by atoms with Crippen molar-refractivity contribution in [3.05, 3.63) is 108 Å². The number of aliphatic hydroxyl groups excluding tert-OH is 1. The molecule has 0 amide bonds. The minimum atomic E-state index is -1.47. The van der Waals surface area contributed by atoms with Gasteiger partial charge in [0.15, 0.2) is 0 Å². The minimum Gasteiger partial charge on any atom is -0.391 e. The molecule has 1 heterocycles. The van der Waals surface area contributed by atoms with E-state index in [1.54, 1.807) is 0 Å². The largest absolute Gasteiger partial charge is 0.391 e. The summed E-state index contributed by atoms with van der Waals surface area (Å²) in [5.41, 5.74) is 3.03. The molecule has 192 valence electrons. The van der Waals surface area contributed by atoms with Crippen LogP contribution in [0.1, 0.15) is 16.7 Å². The van der Waals surface area contributed by atoms with Crippen LogP contribution in [0.15, 0.2) is 91.0 Å². The molecule has 1 N–H and O–H groups in total. The standard InChI is InChI=1S/C29H34O7/c1-31-22-36-29(21-30)28(34-19-25-15-9-4-10-16-25)27(33-18-24-13-7-3-8-14-24)26(20-35-29)32-17-23-11-5-2-6-12-23/h2-16,26-28,30H,17-22H2,1H3/t26-,27-,28+,29+/m1/s1. The van der Waals surface area contributed by atoms with E-state index < -0.39 is 30.7 Å². The van der Waals surface area contributed by atoms with E-state index in [0.717, 1.165) is 16.7 Å². The number of hydrogen-bond donors (Lipinski definition) is 1. The normalized spacial score (nSPS) is 24.0. The highest BCUT2D eigenvalue weighted by atomic mass is 16.8. The minimum absolute atomic E-state index is 0.0767. The van der Waals surface area contributed by atoms with Gasteiger partial charge < -0.3 is 33.5 Å². The van der Waals surface area contributed by atoms with E-state index >= 15 is 0 Å². The lowest BCUT2D eigenvalue weighted by Crippen LogP contribution is -2.65. The van der Waals surface area contributed by atoms with Crippen LogP contribution in [0.2, 0.25) is 0 Å². The second-order valence-corrected chi connectivity index (χ2v) is 8.65. The Bertz CT molecular complexity index is 1000. The van der Waals surface area contributed by atoms with Crippen LogP contribution in [-0.4, -0.2) is 56.3 Å². The van der Waals surface area contributed by atoms with Gasteiger partial charge in [-0.2, -0.15) is 0 Å². The number of methoxy groups -OCH3 is 1. The van der Waals surface area contributed by atoms with Crippen LogP contribution < -0.4 is 0 Å². The van der Waals surface area contributed by atoms with Gasteiger partial charge in [0.05, 0.1) is 26.4 Å². The van der Waals surface area contributed by atoms with Crippen molar-refractivity contribution in [3.8, 4) is 0 Å². The third-order valence-corrected chi connectivity index (χ3v) is 6.10. The van der Waals surface area contributed by atoms with Gasteiger partial charge in [0.2, 0.25) is 5.79 Å². The molecule has 3 aromatic carbocycles. The maximum absolute atomic E-state index is 10.5. The van der Waals surface area contributed by atoms with Crippen molar-refractivity contribution in [1.82, 2.24) is 0 Å². The first kappa shape index (κ1) is 26.4. The topological polar surface area (TPSA) is 75.6 Å². The maximum atomic E-state index is 10.5. The van der Waals surface area contributed by atoms with Crippen molar-refractivity contribution < 1.29 is 33.5 Å². The van der Waals surface area contributed by atoms with Crippen LogP contribution in [0, 0.1) is 0 Å². The van der Waals surface area contributed by atoms with Crippen molar-refractivity contribution in [2.75, 3.05) is 27.1 Å². The molecule has 1 fully saturated rings. The lowest BCUT2D eigenvalue weighted by molar-refractivity contribution is -0.379. The first-order valence-corrected chi connectivity index (χ1v) is 12.1. The van der Waals surface area contributed by atoms with E-state index in [1.165, 1.54) is 7.11 Å². The number of benzene rings is 3. The van der Waals surface area contributed by atoms with E-state index in [-0.39, 0.29) is 20.0 Å². The Morgan fingerprint density at radius 3 is 1.75 bits per heavy atom. The highest BCUT2D eigenvalue weighted by Gasteiger charge is 2.54. The fourth-order valence-corrected chi connectivity index (χ4v) is 4.17. The molecule has 1 aliphatic rings. The summed E-state index contributed by atoms with van der Waals surface area (Å²) in [4.78, 5) is 0. The van der Waals surface area contributed by atoms with Crippen molar-refractivity contribution in [2.45, 2.75) is 43.9 Å². The van der Waals surface area contributed by atoms with Crippen LogP contribution >= 0.6 is 0 Å². The van der Waals surface area contributed by atoms with Crippen LogP contribution in [0.5, 0.6) is 0 Å². The van der Waals surface area contributed by atoms with Crippen molar-refractivity contribution in [1.29, 1.82) is 0 Å². The zero-order valence-corrected chi connectivity index (χ0v) is 20.5. The summed E-state index contributed by atoms with van der Waals surface area (Å²) in [6.07, 6.45) is -1.84. The molecule has 3 aromatic rings. The summed E-state index contributed by atoms with van der Waals surface area (Å²) in [6.45, 7) is 0.647. The predicted molar refractivity (Wildman–Crippen MR) is 134 cm³/mol. The second-order valence-electron chi connectivity index (χ2n) is 8.65. The third kappa shape index (κ3) is 6.99. The van der Waals surface area contributed by atoms with Crippen molar-refractivity contribution in [2.24, 2.45) is 0 Å². The highest BCUT2D eigenvalue weighted by Crippen LogP contribution is 2.34. The molecule has 4 atom stereocenters. The van der Waals surface area contributed by atoms with E-state index in [2.05, 4.69) is 0 Å². The fraction of sp³-hybridized carbons (Fsp3) is 0.379. The molecule has 1 aliphatic heterocycles. The SMILES string of the molecule is COCO[C@]1(CO)OC[C@@H](OCc2ccccc2)[C@@H](OCc2ccccc2)[C@@H]1OCc1ccccc1. The zero-order valence-electron chi connectivity index (χ0n) is 20.5. The third-order valence-electron chi connectivity index (χ3n) is 6.10. The molecule has 0 radical (unpaired) electrons. The van der Waals surface area contributed by atoms with Gasteiger partial charge in [-0.15, -0.1) is 0 Å². The Kier molecular flexibility index (Phi) is 10.0. The summed E-state index contributed by atoms with van der Waals surface area (Å²) < 4.78 is 36.3. The summed E-state index contributed by atoms with van der Waals surface area (Å²) in [5.74, 6) is -1.47. The maximum Gasteiger partial charge on any atom is 0.223 e. The Hall–Kier alpha value is -2.62. The second kappa shape index (κ2) is 13.6. The van der Waals surface area contributed by atoms with Gasteiger partial charge in [0, 0.05) is 7.11 Å². The lowest BCUT2D eigenvalue weighted by atomic mass is 9.96. The summed E-state index contributed by atoms with van der Waals surface area (Å²) in [7, 11) is 1.52. The number of ether oxygens (including phenoxy) is 6. The molecule has 0 aromatic heterocycles. The monoisotopic (exact) mass is 494 g/mol. The van der Waals surface area contributed by atoms with Gasteiger partial charge in [0.1, 0.15) is 31.7 Å². The molecular weight excluding hydrogens is 460 g/mol. The zero-order chi connectivity index (χ0) is 25.1. The van der Waals surface area contributed by atoms with E-state index in [4.69, 9.17) is 28.4 Å². The van der Waals surface area contributed by atoms with Gasteiger partial charge in [-0.1, -0.05) is 91.0 Å². The smallest absolute Gasteiger partial charge is 0.223 e. The summed E-state index contributed by atoms with van der Waals surface area (Å²) in [6, 6.07) is 29.6. The molecule has 36 heavy (non-hydrogen) atoms. The lowest BCUT2D eigenvalue weighted by Gasteiger charge is -2.48. The van der Waals surface area contributed by atoms with Gasteiger partial charge in [-0.25, -0.2) is 0 Å². The van der Waals surface area contributed by atoms with Gasteiger partial charge in [0.25, 0.3) is 0 Å². The molecule has 1 saturated heterocycles. The highest BCUT2D eigenvalue weighted by molar-refractivity contribution is 5.15. The number of rotatable bonds is 13. The Labute approximate surface area is 212 Å². The molecule has 0 bridgehead atoms. The molecule has 7 heteroatoms. The number of hydrogen-bond acceptors (Lipinski definition) is 7. The molecule has 0 spiro atoms. The first-order valence-electron chi connectivity index (χ1n) is 12.1. The summed E-state index contributed by atoms with van der Waals surface area (Å²) in [5, 5.41) is 10.5. The molecule has 4 rings (SSSR count). The summed E-state index contributed by atoms with van der Waals surface area (Å²) >= 11 is 0. The van der Waals surface area contributed by atoms with E-state index in [0.29, 0.717) is 13.2 Å². The average Bonchev–Trinajstić information content (AvgIpc) is 2.95. The van der Waals surface area contributed by atoms with E-state index in [1.807, 2.05) is 91.0 Å². The molecule has 0 unspecified atom stereocenters.